The Morgan fingerprint density at radius 3 is 3.14 bits per heavy atom. The van der Waals surface area contributed by atoms with Crippen molar-refractivity contribution in [1.29, 1.82) is 0 Å². The Balaban J connectivity index is 1.53. The number of anilines is 2. The van der Waals surface area contributed by atoms with Gasteiger partial charge in [0.1, 0.15) is 11.6 Å². The molecule has 0 spiro atoms. The molecule has 0 aliphatic carbocycles. The number of rotatable bonds is 5. The Morgan fingerprint density at radius 1 is 1.38 bits per heavy atom. The van der Waals surface area contributed by atoms with Crippen LogP contribution in [-0.2, 0) is 13.1 Å². The van der Waals surface area contributed by atoms with Crippen molar-refractivity contribution in [2.24, 2.45) is 5.92 Å². The molecular weight excluding hydrogens is 264 g/mol. The van der Waals surface area contributed by atoms with Gasteiger partial charge < -0.3 is 15.5 Å². The highest BCUT2D eigenvalue weighted by atomic mass is 15.3. The molecule has 2 N–H and O–H groups in total. The summed E-state index contributed by atoms with van der Waals surface area (Å²) < 4.78 is 2.03. The van der Waals surface area contributed by atoms with Gasteiger partial charge in [-0.1, -0.05) is 6.07 Å². The molecule has 6 nitrogen and oxygen atoms in total. The zero-order valence-corrected chi connectivity index (χ0v) is 12.6. The zero-order valence-electron chi connectivity index (χ0n) is 12.6. The van der Waals surface area contributed by atoms with E-state index >= 15 is 0 Å². The van der Waals surface area contributed by atoms with Crippen molar-refractivity contribution in [2.75, 3.05) is 37.4 Å². The molecule has 6 heteroatoms. The van der Waals surface area contributed by atoms with E-state index in [2.05, 4.69) is 31.7 Å². The lowest BCUT2D eigenvalue weighted by atomic mass is 10.1. The van der Waals surface area contributed by atoms with Crippen LogP contribution in [0.3, 0.4) is 0 Å². The second-order valence-electron chi connectivity index (χ2n) is 5.66. The Hall–Kier alpha value is -2.08. The van der Waals surface area contributed by atoms with E-state index in [9.17, 15) is 0 Å². The van der Waals surface area contributed by atoms with Crippen molar-refractivity contribution in [3.63, 3.8) is 0 Å². The summed E-state index contributed by atoms with van der Waals surface area (Å²) in [4.78, 5) is 6.48. The molecule has 0 saturated heterocycles. The van der Waals surface area contributed by atoms with Gasteiger partial charge in [-0.15, -0.1) is 0 Å². The molecule has 1 atom stereocenters. The number of aromatic nitrogens is 3. The minimum atomic E-state index is 0.553. The molecule has 0 saturated carbocycles. The van der Waals surface area contributed by atoms with E-state index in [0.717, 1.165) is 37.8 Å². The lowest BCUT2D eigenvalue weighted by Crippen LogP contribution is -2.35. The van der Waals surface area contributed by atoms with E-state index in [0.29, 0.717) is 5.92 Å². The van der Waals surface area contributed by atoms with Crippen molar-refractivity contribution >= 4 is 11.6 Å². The molecule has 1 aliphatic heterocycles. The van der Waals surface area contributed by atoms with Crippen LogP contribution in [0, 0.1) is 5.92 Å². The van der Waals surface area contributed by atoms with E-state index in [1.54, 1.807) is 0 Å². The summed E-state index contributed by atoms with van der Waals surface area (Å²) in [6.45, 7) is 3.76. The van der Waals surface area contributed by atoms with Gasteiger partial charge in [0.05, 0.1) is 6.20 Å². The van der Waals surface area contributed by atoms with Gasteiger partial charge in [-0.25, -0.2) is 9.67 Å². The largest absolute Gasteiger partial charge is 0.370 e. The van der Waals surface area contributed by atoms with Crippen molar-refractivity contribution in [3.05, 3.63) is 36.2 Å². The number of pyridine rings is 1. The van der Waals surface area contributed by atoms with Crippen molar-refractivity contribution in [3.8, 4) is 0 Å². The SMILES string of the molecule is CN(C)c1ncccc1CNCC1CNc2ccnn2C1. The molecule has 1 aliphatic rings. The van der Waals surface area contributed by atoms with Crippen LogP contribution in [0.2, 0.25) is 0 Å². The predicted octanol–water partition coefficient (Wildman–Crippen LogP) is 1.18. The van der Waals surface area contributed by atoms with Gasteiger partial charge in [0, 0.05) is 64.0 Å². The predicted molar refractivity (Wildman–Crippen MR) is 84.5 cm³/mol. The Labute approximate surface area is 125 Å². The maximum atomic E-state index is 4.43. The summed E-state index contributed by atoms with van der Waals surface area (Å²) in [5.41, 5.74) is 1.23. The van der Waals surface area contributed by atoms with E-state index in [1.165, 1.54) is 5.56 Å². The van der Waals surface area contributed by atoms with Gasteiger partial charge >= 0.3 is 0 Å². The molecule has 1 unspecified atom stereocenters. The molecule has 3 heterocycles. The van der Waals surface area contributed by atoms with E-state index in [4.69, 9.17) is 0 Å². The molecule has 0 aromatic carbocycles. The molecule has 0 radical (unpaired) electrons. The molecule has 21 heavy (non-hydrogen) atoms. The van der Waals surface area contributed by atoms with Gasteiger partial charge in [0.2, 0.25) is 0 Å². The maximum absolute atomic E-state index is 4.43. The molecule has 0 fully saturated rings. The summed E-state index contributed by atoms with van der Waals surface area (Å²) in [6.07, 6.45) is 3.68. The molecular formula is C15H22N6. The topological polar surface area (TPSA) is 58.0 Å². The Morgan fingerprint density at radius 2 is 2.29 bits per heavy atom. The highest BCUT2D eigenvalue weighted by Crippen LogP contribution is 2.17. The van der Waals surface area contributed by atoms with Gasteiger partial charge in [0.25, 0.3) is 0 Å². The third kappa shape index (κ3) is 3.16. The van der Waals surface area contributed by atoms with Crippen LogP contribution >= 0.6 is 0 Å². The summed E-state index contributed by atoms with van der Waals surface area (Å²) in [5, 5.41) is 11.3. The summed E-state index contributed by atoms with van der Waals surface area (Å²) in [7, 11) is 4.05. The van der Waals surface area contributed by atoms with E-state index in [1.807, 2.05) is 43.3 Å². The van der Waals surface area contributed by atoms with Gasteiger partial charge in [-0.2, -0.15) is 5.10 Å². The van der Waals surface area contributed by atoms with Gasteiger partial charge in [-0.05, 0) is 6.07 Å². The standard InChI is InChI=1S/C15H22N6/c1-20(2)15-13(4-3-6-17-15)10-16-8-12-9-18-14-5-7-19-21(14)11-12/h3-7,12,16,18H,8-11H2,1-2H3. The van der Waals surface area contributed by atoms with Crippen LogP contribution in [-0.4, -0.2) is 41.9 Å². The number of nitrogens with one attached hydrogen (secondary N) is 2. The quantitative estimate of drug-likeness (QED) is 0.864. The van der Waals surface area contributed by atoms with Gasteiger partial charge in [-0.3, -0.25) is 0 Å². The fourth-order valence-electron chi connectivity index (χ4n) is 2.70. The average Bonchev–Trinajstić information content (AvgIpc) is 2.95. The number of hydrogen-bond donors (Lipinski definition) is 2. The molecule has 0 amide bonds. The van der Waals surface area contributed by atoms with Crippen LogP contribution in [0.5, 0.6) is 0 Å². The highest BCUT2D eigenvalue weighted by Gasteiger charge is 2.17. The minimum absolute atomic E-state index is 0.553. The smallest absolute Gasteiger partial charge is 0.132 e. The molecule has 0 bridgehead atoms. The molecule has 112 valence electrons. The molecule has 2 aromatic heterocycles. The van der Waals surface area contributed by atoms with Crippen LogP contribution in [0.1, 0.15) is 5.56 Å². The van der Waals surface area contributed by atoms with Crippen molar-refractivity contribution in [1.82, 2.24) is 20.1 Å². The molecule has 3 rings (SSSR count). The lowest BCUT2D eigenvalue weighted by molar-refractivity contribution is 0.391. The van der Waals surface area contributed by atoms with Crippen LogP contribution in [0.25, 0.3) is 0 Å². The maximum Gasteiger partial charge on any atom is 0.132 e. The van der Waals surface area contributed by atoms with Crippen LogP contribution in [0.15, 0.2) is 30.6 Å². The first kappa shape index (κ1) is 13.9. The minimum Gasteiger partial charge on any atom is -0.370 e. The second kappa shape index (κ2) is 6.13. The second-order valence-corrected chi connectivity index (χ2v) is 5.66. The molecule has 2 aromatic rings. The highest BCUT2D eigenvalue weighted by molar-refractivity contribution is 5.45. The number of nitrogens with zero attached hydrogens (tertiary/aromatic N) is 4. The number of fused-ring (bicyclic) bond motifs is 1. The average molecular weight is 286 g/mol. The van der Waals surface area contributed by atoms with Gasteiger partial charge in [0.15, 0.2) is 0 Å². The third-order valence-electron chi connectivity index (χ3n) is 3.76. The fraction of sp³-hybridized carbons (Fsp3) is 0.467. The van der Waals surface area contributed by atoms with Crippen LogP contribution < -0.4 is 15.5 Å². The number of hydrogen-bond acceptors (Lipinski definition) is 5. The van der Waals surface area contributed by atoms with E-state index < -0.39 is 0 Å². The zero-order chi connectivity index (χ0) is 14.7. The van der Waals surface area contributed by atoms with E-state index in [-0.39, 0.29) is 0 Å². The first-order chi connectivity index (χ1) is 10.2. The van der Waals surface area contributed by atoms with Crippen LogP contribution in [0.4, 0.5) is 11.6 Å². The summed E-state index contributed by atoms with van der Waals surface area (Å²) in [5.74, 6) is 2.70. The summed E-state index contributed by atoms with van der Waals surface area (Å²) in [6, 6.07) is 6.13. The Bertz CT molecular complexity index is 591. The normalized spacial score (nSPS) is 17.1. The summed E-state index contributed by atoms with van der Waals surface area (Å²) >= 11 is 0. The fourth-order valence-corrected chi connectivity index (χ4v) is 2.70. The lowest BCUT2D eigenvalue weighted by Gasteiger charge is -2.25. The monoisotopic (exact) mass is 286 g/mol. The first-order valence-electron chi connectivity index (χ1n) is 7.31. The third-order valence-corrected chi connectivity index (χ3v) is 3.76. The first-order valence-corrected chi connectivity index (χ1v) is 7.31. The van der Waals surface area contributed by atoms with Crippen molar-refractivity contribution in [2.45, 2.75) is 13.1 Å². The Kier molecular flexibility index (Phi) is 4.06. The van der Waals surface area contributed by atoms with Crippen molar-refractivity contribution < 1.29 is 0 Å².